The third kappa shape index (κ3) is 4.73. The first-order chi connectivity index (χ1) is 4.85. The zero-order chi connectivity index (χ0) is 7.82. The Hall–Kier alpha value is -0.120. The molecule has 3 nitrogen and oxygen atoms in total. The zero-order valence-corrected chi connectivity index (χ0v) is 6.92. The highest BCUT2D eigenvalue weighted by atomic mass is 16.7. The Labute approximate surface area is 62.3 Å². The third-order valence-electron chi connectivity index (χ3n) is 1.01. The van der Waals surface area contributed by atoms with Crippen LogP contribution in [0.4, 0.5) is 0 Å². The van der Waals surface area contributed by atoms with Gasteiger partial charge in [-0.3, -0.25) is 0 Å². The lowest BCUT2D eigenvalue weighted by Gasteiger charge is -2.14. The van der Waals surface area contributed by atoms with Crippen LogP contribution in [0, 0.1) is 0 Å². The molecule has 10 heavy (non-hydrogen) atoms. The first kappa shape index (κ1) is 9.88. The van der Waals surface area contributed by atoms with E-state index in [2.05, 4.69) is 0 Å². The topological polar surface area (TPSA) is 27.7 Å². The molecule has 0 aliphatic rings. The van der Waals surface area contributed by atoms with Gasteiger partial charge in [-0.15, -0.1) is 0 Å². The van der Waals surface area contributed by atoms with Crippen molar-refractivity contribution in [3.05, 3.63) is 0 Å². The quantitative estimate of drug-likeness (QED) is 0.526. The summed E-state index contributed by atoms with van der Waals surface area (Å²) in [6.07, 6.45) is -0.194. The van der Waals surface area contributed by atoms with Crippen molar-refractivity contribution < 1.29 is 14.2 Å². The highest BCUT2D eigenvalue weighted by Gasteiger charge is 2.04. The monoisotopic (exact) mass is 148 g/mol. The molecular formula is C7H16O3. The lowest BCUT2D eigenvalue weighted by molar-refractivity contribution is -0.162. The molecule has 0 radical (unpaired) electrons. The minimum absolute atomic E-state index is 0.194. The minimum Gasteiger partial charge on any atom is -0.379 e. The van der Waals surface area contributed by atoms with E-state index in [9.17, 15) is 0 Å². The lowest BCUT2D eigenvalue weighted by atomic mass is 10.6. The molecule has 0 N–H and O–H groups in total. The molecule has 0 rings (SSSR count). The molecule has 0 saturated carbocycles. The molecule has 0 amide bonds. The van der Waals surface area contributed by atoms with Crippen molar-refractivity contribution in [3.63, 3.8) is 0 Å². The minimum atomic E-state index is -0.194. The van der Waals surface area contributed by atoms with Crippen molar-refractivity contribution in [1.29, 1.82) is 0 Å². The molecule has 0 unspecified atom stereocenters. The van der Waals surface area contributed by atoms with Gasteiger partial charge in [0.2, 0.25) is 0 Å². The molecule has 3 heteroatoms. The average Bonchev–Trinajstić information content (AvgIpc) is 1.90. The first-order valence-corrected chi connectivity index (χ1v) is 3.57. The lowest BCUT2D eigenvalue weighted by Crippen LogP contribution is -2.22. The maximum Gasteiger partial charge on any atom is 0.180 e. The van der Waals surface area contributed by atoms with Gasteiger partial charge in [0.15, 0.2) is 6.29 Å². The van der Waals surface area contributed by atoms with Crippen molar-refractivity contribution in [2.75, 3.05) is 26.9 Å². The Kier molecular flexibility index (Phi) is 6.91. The fourth-order valence-electron chi connectivity index (χ4n) is 0.652. The van der Waals surface area contributed by atoms with Crippen molar-refractivity contribution in [3.8, 4) is 0 Å². The molecule has 62 valence electrons. The number of rotatable bonds is 6. The Morgan fingerprint density at radius 1 is 1.10 bits per heavy atom. The van der Waals surface area contributed by atoms with Crippen LogP contribution >= 0.6 is 0 Å². The van der Waals surface area contributed by atoms with E-state index in [-0.39, 0.29) is 6.29 Å². The van der Waals surface area contributed by atoms with Crippen LogP contribution in [0.25, 0.3) is 0 Å². The summed E-state index contributed by atoms with van der Waals surface area (Å²) < 4.78 is 15.2. The largest absolute Gasteiger partial charge is 0.379 e. The fourth-order valence-corrected chi connectivity index (χ4v) is 0.652. The van der Waals surface area contributed by atoms with Crippen LogP contribution in [0.15, 0.2) is 0 Å². The van der Waals surface area contributed by atoms with E-state index >= 15 is 0 Å². The third-order valence-corrected chi connectivity index (χ3v) is 1.01. The van der Waals surface area contributed by atoms with E-state index in [0.717, 1.165) is 0 Å². The zero-order valence-electron chi connectivity index (χ0n) is 6.92. The van der Waals surface area contributed by atoms with Gasteiger partial charge in [-0.25, -0.2) is 0 Å². The van der Waals surface area contributed by atoms with Gasteiger partial charge in [0.1, 0.15) is 0 Å². The molecule has 0 aliphatic heterocycles. The van der Waals surface area contributed by atoms with Gasteiger partial charge in [-0.05, 0) is 13.8 Å². The van der Waals surface area contributed by atoms with Crippen LogP contribution in [0.3, 0.4) is 0 Å². The Morgan fingerprint density at radius 3 is 1.90 bits per heavy atom. The van der Waals surface area contributed by atoms with Gasteiger partial charge in [0, 0.05) is 20.3 Å². The maximum absolute atomic E-state index is 5.18. The smallest absolute Gasteiger partial charge is 0.180 e. The van der Waals surface area contributed by atoms with Crippen LogP contribution in [0.5, 0.6) is 0 Å². The fraction of sp³-hybridized carbons (Fsp3) is 1.00. The number of hydrogen-bond acceptors (Lipinski definition) is 3. The highest BCUT2D eigenvalue weighted by molar-refractivity contribution is 4.38. The summed E-state index contributed by atoms with van der Waals surface area (Å²) >= 11 is 0. The van der Waals surface area contributed by atoms with Crippen LogP contribution in [-0.4, -0.2) is 33.2 Å². The van der Waals surface area contributed by atoms with E-state index in [1.807, 2.05) is 13.8 Å². The molecule has 0 saturated heterocycles. The predicted octanol–water partition coefficient (Wildman–Crippen LogP) is 1.03. The Bertz CT molecular complexity index is 51.6. The molecule has 0 spiro atoms. The van der Waals surface area contributed by atoms with E-state index in [0.29, 0.717) is 19.8 Å². The van der Waals surface area contributed by atoms with Crippen LogP contribution in [-0.2, 0) is 14.2 Å². The molecular weight excluding hydrogens is 132 g/mol. The predicted molar refractivity (Wildman–Crippen MR) is 38.9 cm³/mol. The van der Waals surface area contributed by atoms with E-state index in [1.165, 1.54) is 0 Å². The van der Waals surface area contributed by atoms with Crippen molar-refractivity contribution in [2.24, 2.45) is 0 Å². The Morgan fingerprint density at radius 2 is 1.60 bits per heavy atom. The summed E-state index contributed by atoms with van der Waals surface area (Å²) in [5.74, 6) is 0. The molecule has 0 atom stereocenters. The summed E-state index contributed by atoms with van der Waals surface area (Å²) in [5.41, 5.74) is 0. The average molecular weight is 148 g/mol. The SMILES string of the molecule is CCOC(COC)OCC. The molecule has 0 aromatic rings. The summed E-state index contributed by atoms with van der Waals surface area (Å²) in [6.45, 7) is 5.69. The normalized spacial score (nSPS) is 10.8. The number of methoxy groups -OCH3 is 1. The van der Waals surface area contributed by atoms with E-state index < -0.39 is 0 Å². The van der Waals surface area contributed by atoms with Gasteiger partial charge in [0.05, 0.1) is 6.61 Å². The number of hydrogen-bond donors (Lipinski definition) is 0. The molecule has 0 bridgehead atoms. The summed E-state index contributed by atoms with van der Waals surface area (Å²) in [5, 5.41) is 0. The van der Waals surface area contributed by atoms with Crippen molar-refractivity contribution in [2.45, 2.75) is 20.1 Å². The maximum atomic E-state index is 5.18. The van der Waals surface area contributed by atoms with E-state index in [4.69, 9.17) is 14.2 Å². The second-order valence-electron chi connectivity index (χ2n) is 1.80. The van der Waals surface area contributed by atoms with Gasteiger partial charge in [-0.2, -0.15) is 0 Å². The molecule has 0 heterocycles. The van der Waals surface area contributed by atoms with Crippen molar-refractivity contribution >= 4 is 0 Å². The standard InChI is InChI=1S/C7H16O3/c1-4-9-7(6-8-3)10-5-2/h7H,4-6H2,1-3H3. The highest BCUT2D eigenvalue weighted by Crippen LogP contribution is 1.94. The molecule has 0 aromatic heterocycles. The summed E-state index contributed by atoms with van der Waals surface area (Å²) in [4.78, 5) is 0. The van der Waals surface area contributed by atoms with Crippen molar-refractivity contribution in [1.82, 2.24) is 0 Å². The van der Waals surface area contributed by atoms with Gasteiger partial charge >= 0.3 is 0 Å². The summed E-state index contributed by atoms with van der Waals surface area (Å²) in [7, 11) is 1.63. The van der Waals surface area contributed by atoms with Crippen LogP contribution in [0.1, 0.15) is 13.8 Å². The second-order valence-corrected chi connectivity index (χ2v) is 1.80. The van der Waals surface area contributed by atoms with Gasteiger partial charge in [0.25, 0.3) is 0 Å². The molecule has 0 aliphatic carbocycles. The van der Waals surface area contributed by atoms with E-state index in [1.54, 1.807) is 7.11 Å². The Balaban J connectivity index is 3.30. The van der Waals surface area contributed by atoms with Crippen LogP contribution < -0.4 is 0 Å². The first-order valence-electron chi connectivity index (χ1n) is 3.57. The second kappa shape index (κ2) is 6.99. The number of ether oxygens (including phenoxy) is 3. The van der Waals surface area contributed by atoms with Gasteiger partial charge < -0.3 is 14.2 Å². The molecule has 0 fully saturated rings. The summed E-state index contributed by atoms with van der Waals surface area (Å²) in [6, 6.07) is 0. The molecule has 0 aromatic carbocycles. The van der Waals surface area contributed by atoms with Crippen LogP contribution in [0.2, 0.25) is 0 Å². The van der Waals surface area contributed by atoms with Gasteiger partial charge in [-0.1, -0.05) is 0 Å².